The van der Waals surface area contributed by atoms with E-state index in [4.69, 9.17) is 0 Å². The van der Waals surface area contributed by atoms with Gasteiger partial charge in [-0.3, -0.25) is 13.9 Å². The third kappa shape index (κ3) is 5.19. The normalized spacial score (nSPS) is 11.1. The molecule has 0 fully saturated rings. The van der Waals surface area contributed by atoms with Gasteiger partial charge in [-0.25, -0.2) is 8.42 Å². The molecule has 7 heteroatoms. The Hall–Kier alpha value is -3.45. The van der Waals surface area contributed by atoms with E-state index < -0.39 is 22.5 Å². The van der Waals surface area contributed by atoms with Gasteiger partial charge in [0.25, 0.3) is 0 Å². The Morgan fingerprint density at radius 2 is 1.52 bits per heavy atom. The first kappa shape index (κ1) is 22.2. The molecule has 0 spiro atoms. The van der Waals surface area contributed by atoms with E-state index in [1.807, 2.05) is 26.0 Å². The molecule has 160 valence electrons. The second-order valence-electron chi connectivity index (χ2n) is 7.28. The maximum atomic E-state index is 12.9. The molecular weight excluding hydrogens is 412 g/mol. The Kier molecular flexibility index (Phi) is 6.56. The molecule has 0 saturated carbocycles. The van der Waals surface area contributed by atoms with E-state index in [2.05, 4.69) is 5.32 Å². The van der Waals surface area contributed by atoms with E-state index in [1.54, 1.807) is 60.7 Å². The number of ketones is 1. The Labute approximate surface area is 182 Å². The van der Waals surface area contributed by atoms with Gasteiger partial charge in [0.15, 0.2) is 5.78 Å². The predicted molar refractivity (Wildman–Crippen MR) is 123 cm³/mol. The van der Waals surface area contributed by atoms with Crippen molar-refractivity contribution in [3.05, 3.63) is 95.1 Å². The molecule has 0 aliphatic carbocycles. The van der Waals surface area contributed by atoms with E-state index in [1.165, 1.54) is 0 Å². The molecular formula is C24H24N2O4S. The Morgan fingerprint density at radius 3 is 2.19 bits per heavy atom. The molecule has 0 saturated heterocycles. The lowest BCUT2D eigenvalue weighted by Gasteiger charge is -2.24. The van der Waals surface area contributed by atoms with Crippen LogP contribution in [0.15, 0.2) is 72.8 Å². The Bertz CT molecular complexity index is 1220. The molecule has 0 aliphatic heterocycles. The maximum absolute atomic E-state index is 12.9. The number of nitrogens with zero attached hydrogens (tertiary/aromatic N) is 1. The number of aryl methyl sites for hydroxylation is 1. The molecule has 0 heterocycles. The van der Waals surface area contributed by atoms with Gasteiger partial charge in [0.2, 0.25) is 15.9 Å². The lowest BCUT2D eigenvalue weighted by molar-refractivity contribution is -0.114. The topological polar surface area (TPSA) is 83.6 Å². The van der Waals surface area contributed by atoms with Gasteiger partial charge in [-0.2, -0.15) is 0 Å². The van der Waals surface area contributed by atoms with Crippen LogP contribution >= 0.6 is 0 Å². The minimum Gasteiger partial charge on any atom is -0.324 e. The molecule has 3 rings (SSSR count). The highest BCUT2D eigenvalue weighted by molar-refractivity contribution is 7.92. The zero-order valence-electron chi connectivity index (χ0n) is 17.6. The number of rotatable bonds is 7. The first-order chi connectivity index (χ1) is 14.7. The lowest BCUT2D eigenvalue weighted by Crippen LogP contribution is -2.38. The lowest BCUT2D eigenvalue weighted by atomic mass is 10.0. The average Bonchev–Trinajstić information content (AvgIpc) is 2.74. The summed E-state index contributed by atoms with van der Waals surface area (Å²) in [5.41, 5.74) is 3.31. The maximum Gasteiger partial charge on any atom is 0.245 e. The molecule has 31 heavy (non-hydrogen) atoms. The minimum atomic E-state index is -3.71. The predicted octanol–water partition coefficient (Wildman–Crippen LogP) is 3.94. The second-order valence-corrected chi connectivity index (χ2v) is 9.18. The third-order valence-electron chi connectivity index (χ3n) is 5.01. The number of anilines is 2. The molecule has 0 bridgehead atoms. The van der Waals surface area contributed by atoms with E-state index in [-0.39, 0.29) is 5.78 Å². The molecule has 0 radical (unpaired) electrons. The van der Waals surface area contributed by atoms with Gasteiger partial charge in [0.1, 0.15) is 6.54 Å². The number of carbonyl (C=O) groups is 2. The third-order valence-corrected chi connectivity index (χ3v) is 6.14. The van der Waals surface area contributed by atoms with Crippen molar-refractivity contribution >= 4 is 33.1 Å². The molecule has 6 nitrogen and oxygen atoms in total. The number of sulfonamides is 1. The number of amides is 1. The number of benzene rings is 3. The van der Waals surface area contributed by atoms with Crippen molar-refractivity contribution in [3.8, 4) is 0 Å². The summed E-state index contributed by atoms with van der Waals surface area (Å²) in [6.07, 6.45) is 1.06. The van der Waals surface area contributed by atoms with Crippen LogP contribution in [0.5, 0.6) is 0 Å². The van der Waals surface area contributed by atoms with Gasteiger partial charge < -0.3 is 5.32 Å². The zero-order valence-corrected chi connectivity index (χ0v) is 18.4. The van der Waals surface area contributed by atoms with Crippen LogP contribution < -0.4 is 9.62 Å². The van der Waals surface area contributed by atoms with E-state index in [0.29, 0.717) is 22.5 Å². The fraction of sp³-hybridized carbons (Fsp3) is 0.167. The van der Waals surface area contributed by atoms with Crippen LogP contribution in [0, 0.1) is 13.8 Å². The summed E-state index contributed by atoms with van der Waals surface area (Å²) in [5.74, 6) is -0.773. The van der Waals surface area contributed by atoms with Gasteiger partial charge in [-0.05, 0) is 43.2 Å². The van der Waals surface area contributed by atoms with Crippen LogP contribution in [-0.2, 0) is 14.8 Å². The average molecular weight is 437 g/mol. The van der Waals surface area contributed by atoms with Crippen LogP contribution in [0.2, 0.25) is 0 Å². The largest absolute Gasteiger partial charge is 0.324 e. The van der Waals surface area contributed by atoms with Gasteiger partial charge >= 0.3 is 0 Å². The molecule has 0 aliphatic rings. The SMILES string of the molecule is Cc1cccc(N(CC(=O)Nc2ccccc2C(=O)c2ccccc2)S(C)(=O)=O)c1C. The minimum absolute atomic E-state index is 0.231. The van der Waals surface area contributed by atoms with E-state index in [9.17, 15) is 18.0 Å². The van der Waals surface area contributed by atoms with Crippen molar-refractivity contribution in [2.45, 2.75) is 13.8 Å². The summed E-state index contributed by atoms with van der Waals surface area (Å²) in [5, 5.41) is 2.70. The quantitative estimate of drug-likeness (QED) is 0.569. The fourth-order valence-electron chi connectivity index (χ4n) is 3.24. The Morgan fingerprint density at radius 1 is 0.871 bits per heavy atom. The standard InChI is InChI=1S/C24H24N2O4S/c1-17-10-9-15-22(18(17)2)26(31(3,29)30)16-23(27)25-21-14-8-7-13-20(21)24(28)19-11-5-4-6-12-19/h4-15H,16H2,1-3H3,(H,25,27). The van der Waals surface area contributed by atoms with Crippen LogP contribution in [0.1, 0.15) is 27.0 Å². The fourth-order valence-corrected chi connectivity index (χ4v) is 4.15. The monoisotopic (exact) mass is 436 g/mol. The summed E-state index contributed by atoms with van der Waals surface area (Å²) < 4.78 is 25.9. The molecule has 0 atom stereocenters. The Balaban J connectivity index is 1.88. The van der Waals surface area contributed by atoms with Crippen molar-refractivity contribution in [2.24, 2.45) is 0 Å². The molecule has 3 aromatic rings. The van der Waals surface area contributed by atoms with Gasteiger partial charge in [0.05, 0.1) is 17.6 Å². The highest BCUT2D eigenvalue weighted by Crippen LogP contribution is 2.25. The molecule has 1 amide bonds. The first-order valence-corrected chi connectivity index (χ1v) is 11.6. The summed E-state index contributed by atoms with van der Waals surface area (Å²) in [6.45, 7) is 3.29. The van der Waals surface area contributed by atoms with Crippen molar-refractivity contribution in [1.82, 2.24) is 0 Å². The van der Waals surface area contributed by atoms with Gasteiger partial charge in [0, 0.05) is 11.1 Å². The second kappa shape index (κ2) is 9.14. The van der Waals surface area contributed by atoms with Crippen LogP contribution in [0.3, 0.4) is 0 Å². The van der Waals surface area contributed by atoms with Crippen molar-refractivity contribution < 1.29 is 18.0 Å². The summed E-state index contributed by atoms with van der Waals surface area (Å²) in [6, 6.07) is 20.7. The first-order valence-electron chi connectivity index (χ1n) is 9.71. The van der Waals surface area contributed by atoms with Crippen LogP contribution in [0.25, 0.3) is 0 Å². The number of carbonyl (C=O) groups excluding carboxylic acids is 2. The van der Waals surface area contributed by atoms with Gasteiger partial charge in [-0.1, -0.05) is 54.6 Å². The summed E-state index contributed by atoms with van der Waals surface area (Å²) in [4.78, 5) is 25.7. The summed E-state index contributed by atoms with van der Waals surface area (Å²) >= 11 is 0. The number of nitrogens with one attached hydrogen (secondary N) is 1. The van der Waals surface area contributed by atoms with Gasteiger partial charge in [-0.15, -0.1) is 0 Å². The number of para-hydroxylation sites is 1. The van der Waals surface area contributed by atoms with Crippen LogP contribution in [-0.4, -0.2) is 32.9 Å². The van der Waals surface area contributed by atoms with Crippen LogP contribution in [0.4, 0.5) is 11.4 Å². The van der Waals surface area contributed by atoms with Crippen molar-refractivity contribution in [3.63, 3.8) is 0 Å². The smallest absolute Gasteiger partial charge is 0.245 e. The van der Waals surface area contributed by atoms with E-state index in [0.717, 1.165) is 21.7 Å². The molecule has 1 N–H and O–H groups in total. The van der Waals surface area contributed by atoms with E-state index >= 15 is 0 Å². The van der Waals surface area contributed by atoms with Crippen molar-refractivity contribution in [1.29, 1.82) is 0 Å². The molecule has 0 aromatic heterocycles. The zero-order chi connectivity index (χ0) is 22.6. The summed E-state index contributed by atoms with van der Waals surface area (Å²) in [7, 11) is -3.71. The highest BCUT2D eigenvalue weighted by atomic mass is 32.2. The highest BCUT2D eigenvalue weighted by Gasteiger charge is 2.24. The number of hydrogen-bond acceptors (Lipinski definition) is 4. The van der Waals surface area contributed by atoms with Crippen molar-refractivity contribution in [2.75, 3.05) is 22.4 Å². The molecule has 3 aromatic carbocycles. The molecule has 0 unspecified atom stereocenters. The number of hydrogen-bond donors (Lipinski definition) is 1.